The van der Waals surface area contributed by atoms with E-state index < -0.39 is 0 Å². The molecule has 96 valence electrons. The summed E-state index contributed by atoms with van der Waals surface area (Å²) in [5, 5.41) is 8.46. The minimum atomic E-state index is 0.770. The molecule has 2 N–H and O–H groups in total. The highest BCUT2D eigenvalue weighted by Gasteiger charge is 1.99. The summed E-state index contributed by atoms with van der Waals surface area (Å²) < 4.78 is 0. The molecule has 6 nitrogen and oxygen atoms in total. The number of imidazole rings is 2. The number of hydrogen-bond donors (Lipinski definition) is 2. The van der Waals surface area contributed by atoms with Gasteiger partial charge in [-0.05, 0) is 36.4 Å². The Hall–Kier alpha value is -3.02. The normalized spacial score (nSPS) is 11.8. The minimum absolute atomic E-state index is 0.770. The summed E-state index contributed by atoms with van der Waals surface area (Å²) in [6.45, 7) is 0. The van der Waals surface area contributed by atoms with Gasteiger partial charge in [0, 0.05) is 0 Å². The quantitative estimate of drug-likeness (QED) is 0.538. The highest BCUT2D eigenvalue weighted by atomic mass is 15.1. The van der Waals surface area contributed by atoms with Crippen LogP contribution >= 0.6 is 0 Å². The van der Waals surface area contributed by atoms with Crippen molar-refractivity contribution in [3.8, 4) is 0 Å². The van der Waals surface area contributed by atoms with Gasteiger partial charge in [-0.1, -0.05) is 0 Å². The van der Waals surface area contributed by atoms with E-state index in [9.17, 15) is 0 Å². The zero-order valence-electron chi connectivity index (χ0n) is 10.4. The van der Waals surface area contributed by atoms with Gasteiger partial charge < -0.3 is 9.97 Å². The first kappa shape index (κ1) is 10.9. The second-order valence-corrected chi connectivity index (χ2v) is 4.41. The van der Waals surface area contributed by atoms with Crippen molar-refractivity contribution in [1.29, 1.82) is 0 Å². The Morgan fingerprint density at radius 3 is 1.70 bits per heavy atom. The van der Waals surface area contributed by atoms with Crippen LogP contribution in [0.1, 0.15) is 0 Å². The van der Waals surface area contributed by atoms with Gasteiger partial charge in [0.25, 0.3) is 0 Å². The van der Waals surface area contributed by atoms with Crippen LogP contribution in [-0.2, 0) is 0 Å². The second-order valence-electron chi connectivity index (χ2n) is 4.41. The molecule has 0 fully saturated rings. The predicted octanol–water partition coefficient (Wildman–Crippen LogP) is 3.85. The molecule has 2 aromatic carbocycles. The molecule has 20 heavy (non-hydrogen) atoms. The van der Waals surface area contributed by atoms with Gasteiger partial charge in [0.1, 0.15) is 0 Å². The average molecular weight is 262 g/mol. The molecule has 0 atom stereocenters. The summed E-state index contributed by atoms with van der Waals surface area (Å²) >= 11 is 0. The summed E-state index contributed by atoms with van der Waals surface area (Å²) in [6, 6.07) is 11.5. The van der Waals surface area contributed by atoms with Crippen molar-refractivity contribution in [3.05, 3.63) is 49.1 Å². The summed E-state index contributed by atoms with van der Waals surface area (Å²) in [5.41, 5.74) is 5.27. The standard InChI is InChI=1S/C14H10N6/c1-3-11-13(17-7-15-11)5-9(1)19-20-10-2-4-12-14(6-10)18-8-16-12/h1-8H,(H,15,17)(H,16,18)/b20-19+. The van der Waals surface area contributed by atoms with Crippen molar-refractivity contribution < 1.29 is 0 Å². The Morgan fingerprint density at radius 1 is 0.700 bits per heavy atom. The van der Waals surface area contributed by atoms with E-state index in [1.807, 2.05) is 36.4 Å². The molecule has 0 bridgehead atoms. The van der Waals surface area contributed by atoms with Gasteiger partial charge in [0.15, 0.2) is 0 Å². The lowest BCUT2D eigenvalue weighted by Gasteiger charge is -1.94. The van der Waals surface area contributed by atoms with Gasteiger partial charge in [-0.15, -0.1) is 0 Å². The number of benzene rings is 2. The minimum Gasteiger partial charge on any atom is -0.345 e. The molecule has 0 radical (unpaired) electrons. The second kappa shape index (κ2) is 4.27. The van der Waals surface area contributed by atoms with Crippen LogP contribution in [0.5, 0.6) is 0 Å². The lowest BCUT2D eigenvalue weighted by atomic mass is 10.3. The van der Waals surface area contributed by atoms with E-state index >= 15 is 0 Å². The van der Waals surface area contributed by atoms with E-state index in [4.69, 9.17) is 0 Å². The predicted molar refractivity (Wildman–Crippen MR) is 76.4 cm³/mol. The maximum atomic E-state index is 4.23. The van der Waals surface area contributed by atoms with Crippen LogP contribution < -0.4 is 0 Å². The van der Waals surface area contributed by atoms with E-state index in [-0.39, 0.29) is 0 Å². The van der Waals surface area contributed by atoms with Crippen molar-refractivity contribution in [2.24, 2.45) is 10.2 Å². The molecule has 2 heterocycles. The van der Waals surface area contributed by atoms with E-state index in [1.54, 1.807) is 12.7 Å². The van der Waals surface area contributed by atoms with Crippen molar-refractivity contribution in [2.75, 3.05) is 0 Å². The molecule has 0 unspecified atom stereocenters. The van der Waals surface area contributed by atoms with Crippen LogP contribution in [0.15, 0.2) is 59.3 Å². The number of aromatic amines is 2. The summed E-state index contributed by atoms with van der Waals surface area (Å²) in [4.78, 5) is 14.5. The fourth-order valence-corrected chi connectivity index (χ4v) is 2.08. The molecular weight excluding hydrogens is 252 g/mol. The summed E-state index contributed by atoms with van der Waals surface area (Å²) in [7, 11) is 0. The average Bonchev–Trinajstić information content (AvgIpc) is 3.12. The molecule has 4 rings (SSSR count). The highest BCUT2D eigenvalue weighted by Crippen LogP contribution is 2.23. The topological polar surface area (TPSA) is 82.1 Å². The highest BCUT2D eigenvalue weighted by molar-refractivity contribution is 5.78. The maximum absolute atomic E-state index is 4.23. The summed E-state index contributed by atoms with van der Waals surface area (Å²) in [6.07, 6.45) is 3.33. The van der Waals surface area contributed by atoms with Crippen LogP contribution in [0.25, 0.3) is 22.1 Å². The third-order valence-electron chi connectivity index (χ3n) is 3.09. The number of rotatable bonds is 2. The number of fused-ring (bicyclic) bond motifs is 2. The number of azo groups is 1. The van der Waals surface area contributed by atoms with Crippen molar-refractivity contribution in [3.63, 3.8) is 0 Å². The zero-order valence-corrected chi connectivity index (χ0v) is 10.4. The number of nitrogens with zero attached hydrogens (tertiary/aromatic N) is 4. The lowest BCUT2D eigenvalue weighted by molar-refractivity contribution is 1.24. The number of aromatic nitrogens is 4. The van der Waals surface area contributed by atoms with Crippen LogP contribution in [0.2, 0.25) is 0 Å². The van der Waals surface area contributed by atoms with E-state index in [0.717, 1.165) is 33.4 Å². The Bertz CT molecular complexity index is 841. The van der Waals surface area contributed by atoms with Crippen LogP contribution in [-0.4, -0.2) is 19.9 Å². The molecule has 0 amide bonds. The van der Waals surface area contributed by atoms with Crippen LogP contribution in [0.4, 0.5) is 11.4 Å². The molecule has 0 saturated carbocycles. The molecule has 2 aromatic heterocycles. The summed E-state index contributed by atoms with van der Waals surface area (Å²) in [5.74, 6) is 0. The number of H-pyrrole nitrogens is 2. The van der Waals surface area contributed by atoms with Gasteiger partial charge in [-0.3, -0.25) is 0 Å². The fourth-order valence-electron chi connectivity index (χ4n) is 2.08. The first-order valence-corrected chi connectivity index (χ1v) is 6.16. The SMILES string of the molecule is c1nc2cc(/N=N/c3ccc4[nH]cnc4c3)ccc2[nH]1. The largest absolute Gasteiger partial charge is 0.345 e. The molecule has 6 heteroatoms. The lowest BCUT2D eigenvalue weighted by Crippen LogP contribution is -1.70. The van der Waals surface area contributed by atoms with Gasteiger partial charge in [-0.2, -0.15) is 10.2 Å². The molecule has 0 aliphatic heterocycles. The van der Waals surface area contributed by atoms with Gasteiger partial charge in [0.2, 0.25) is 0 Å². The Morgan fingerprint density at radius 2 is 1.20 bits per heavy atom. The van der Waals surface area contributed by atoms with Gasteiger partial charge in [0.05, 0.1) is 46.1 Å². The monoisotopic (exact) mass is 262 g/mol. The smallest absolute Gasteiger partial charge is 0.0931 e. The molecule has 0 spiro atoms. The van der Waals surface area contributed by atoms with Gasteiger partial charge in [-0.25, -0.2) is 9.97 Å². The molecule has 0 saturated heterocycles. The molecule has 4 aromatic rings. The van der Waals surface area contributed by atoms with Crippen molar-refractivity contribution in [2.45, 2.75) is 0 Å². The maximum Gasteiger partial charge on any atom is 0.0931 e. The zero-order chi connectivity index (χ0) is 13.4. The van der Waals surface area contributed by atoms with Crippen LogP contribution in [0.3, 0.4) is 0 Å². The van der Waals surface area contributed by atoms with E-state index in [1.165, 1.54) is 0 Å². The molecule has 0 aliphatic rings. The van der Waals surface area contributed by atoms with Crippen LogP contribution in [0, 0.1) is 0 Å². The first-order chi connectivity index (χ1) is 9.88. The fraction of sp³-hybridized carbons (Fsp3) is 0. The van der Waals surface area contributed by atoms with E-state index in [0.29, 0.717) is 0 Å². The van der Waals surface area contributed by atoms with Gasteiger partial charge >= 0.3 is 0 Å². The molecular formula is C14H10N6. The Kier molecular flexibility index (Phi) is 2.32. The third kappa shape index (κ3) is 1.83. The Balaban J connectivity index is 1.69. The van der Waals surface area contributed by atoms with Crippen molar-refractivity contribution in [1.82, 2.24) is 19.9 Å². The Labute approximate surface area is 113 Å². The van der Waals surface area contributed by atoms with E-state index in [2.05, 4.69) is 30.2 Å². The number of hydrogen-bond acceptors (Lipinski definition) is 4. The number of nitrogens with one attached hydrogen (secondary N) is 2. The first-order valence-electron chi connectivity index (χ1n) is 6.16. The third-order valence-corrected chi connectivity index (χ3v) is 3.09. The van der Waals surface area contributed by atoms with Crippen molar-refractivity contribution >= 4 is 33.4 Å². The molecule has 0 aliphatic carbocycles.